The van der Waals surface area contributed by atoms with Crippen molar-refractivity contribution in [1.29, 1.82) is 0 Å². The number of nitrogens with two attached hydrogens (primary N) is 1. The average molecular weight is 396 g/mol. The van der Waals surface area contributed by atoms with Gasteiger partial charge in [0.15, 0.2) is 0 Å². The Kier molecular flexibility index (Phi) is 4.64. The monoisotopic (exact) mass is 396 g/mol. The van der Waals surface area contributed by atoms with Crippen LogP contribution in [-0.2, 0) is 12.8 Å². The zero-order chi connectivity index (χ0) is 19.8. The van der Waals surface area contributed by atoms with Crippen LogP contribution in [0.4, 0.5) is 5.00 Å². The largest absolute Gasteiger partial charge is 0.507 e. The maximum absolute atomic E-state index is 12.7. The van der Waals surface area contributed by atoms with E-state index in [1.165, 1.54) is 11.3 Å². The number of anilines is 1. The average Bonchev–Trinajstić information content (AvgIpc) is 3.28. The molecule has 0 atom stereocenters. The number of carbonyl (C=O) groups excluding carboxylic acids is 2. The van der Waals surface area contributed by atoms with Crippen molar-refractivity contribution >= 4 is 28.2 Å². The van der Waals surface area contributed by atoms with Gasteiger partial charge < -0.3 is 16.2 Å². The van der Waals surface area contributed by atoms with Crippen LogP contribution in [0.2, 0.25) is 0 Å². The molecular weight excluding hydrogens is 376 g/mol. The highest BCUT2D eigenvalue weighted by Crippen LogP contribution is 2.38. The Balaban J connectivity index is 1.62. The quantitative estimate of drug-likeness (QED) is 0.540. The lowest BCUT2D eigenvalue weighted by molar-refractivity contribution is 0.100. The van der Waals surface area contributed by atoms with Crippen molar-refractivity contribution in [3.63, 3.8) is 0 Å². The number of benzene rings is 1. The van der Waals surface area contributed by atoms with Crippen LogP contribution in [0.1, 0.15) is 49.7 Å². The van der Waals surface area contributed by atoms with Crippen molar-refractivity contribution in [2.45, 2.75) is 32.6 Å². The van der Waals surface area contributed by atoms with Gasteiger partial charge in [-0.2, -0.15) is 5.10 Å². The molecule has 144 valence electrons. The Morgan fingerprint density at radius 2 is 2.07 bits per heavy atom. The second-order valence-corrected chi connectivity index (χ2v) is 7.98. The molecular formula is C20H20N4O3S. The Hall–Kier alpha value is -3.13. The number of aryl methyl sites for hydroxylation is 2. The van der Waals surface area contributed by atoms with Crippen molar-refractivity contribution in [2.24, 2.45) is 5.73 Å². The van der Waals surface area contributed by atoms with E-state index in [0.717, 1.165) is 41.7 Å². The van der Waals surface area contributed by atoms with Gasteiger partial charge in [0.2, 0.25) is 0 Å². The third-order valence-electron chi connectivity index (χ3n) is 4.98. The third kappa shape index (κ3) is 3.16. The number of phenols is 1. The van der Waals surface area contributed by atoms with Crippen molar-refractivity contribution in [1.82, 2.24) is 10.2 Å². The summed E-state index contributed by atoms with van der Waals surface area (Å²) in [5.74, 6) is -0.806. The number of phenolic OH excluding ortho intramolecular Hbond substituents is 1. The number of nitrogens with zero attached hydrogens (tertiary/aromatic N) is 1. The number of aromatic amines is 1. The van der Waals surface area contributed by atoms with E-state index in [1.807, 2.05) is 6.07 Å². The maximum Gasteiger partial charge on any atom is 0.274 e. The minimum Gasteiger partial charge on any atom is -0.507 e. The summed E-state index contributed by atoms with van der Waals surface area (Å²) in [6, 6.07) is 6.91. The van der Waals surface area contributed by atoms with Gasteiger partial charge in [0.1, 0.15) is 16.4 Å². The molecule has 1 aliphatic carbocycles. The van der Waals surface area contributed by atoms with Crippen LogP contribution >= 0.6 is 11.3 Å². The minimum absolute atomic E-state index is 0.128. The number of H-pyrrole nitrogens is 1. The molecule has 2 amide bonds. The van der Waals surface area contributed by atoms with Gasteiger partial charge in [0, 0.05) is 10.4 Å². The number of fused-ring (bicyclic) bond motifs is 1. The fourth-order valence-corrected chi connectivity index (χ4v) is 4.82. The molecule has 2 heterocycles. The number of carbonyl (C=O) groups is 2. The summed E-state index contributed by atoms with van der Waals surface area (Å²) in [4.78, 5) is 25.8. The second kappa shape index (κ2) is 7.12. The Labute approximate surface area is 165 Å². The van der Waals surface area contributed by atoms with Crippen LogP contribution < -0.4 is 11.1 Å². The number of rotatable bonds is 4. The Morgan fingerprint density at radius 3 is 2.86 bits per heavy atom. The first-order valence-corrected chi connectivity index (χ1v) is 9.87. The van der Waals surface area contributed by atoms with Crippen LogP contribution in [0.25, 0.3) is 11.3 Å². The lowest BCUT2D eigenvalue weighted by Gasteiger charge is -2.11. The fraction of sp³-hybridized carbons (Fsp3) is 0.250. The molecule has 0 radical (unpaired) electrons. The highest BCUT2D eigenvalue weighted by molar-refractivity contribution is 7.17. The second-order valence-electron chi connectivity index (χ2n) is 6.87. The van der Waals surface area contributed by atoms with Gasteiger partial charge in [-0.05, 0) is 55.9 Å². The van der Waals surface area contributed by atoms with E-state index in [1.54, 1.807) is 25.1 Å². The van der Waals surface area contributed by atoms with Crippen LogP contribution in [-0.4, -0.2) is 27.1 Å². The molecule has 0 bridgehead atoms. The van der Waals surface area contributed by atoms with Gasteiger partial charge in [0.05, 0.1) is 11.3 Å². The molecule has 0 spiro atoms. The summed E-state index contributed by atoms with van der Waals surface area (Å²) in [6.45, 7) is 1.79. The number of hydrogen-bond donors (Lipinski definition) is 4. The predicted octanol–water partition coefficient (Wildman–Crippen LogP) is 3.38. The van der Waals surface area contributed by atoms with Crippen LogP contribution in [0.5, 0.6) is 5.75 Å². The Bertz CT molecular complexity index is 1080. The molecule has 0 unspecified atom stereocenters. The third-order valence-corrected chi connectivity index (χ3v) is 6.19. The molecule has 0 saturated carbocycles. The predicted molar refractivity (Wildman–Crippen MR) is 108 cm³/mol. The smallest absolute Gasteiger partial charge is 0.274 e. The highest BCUT2D eigenvalue weighted by Gasteiger charge is 2.25. The zero-order valence-electron chi connectivity index (χ0n) is 15.3. The van der Waals surface area contributed by atoms with Crippen LogP contribution in [0.3, 0.4) is 0 Å². The molecule has 5 N–H and O–H groups in total. The van der Waals surface area contributed by atoms with Crippen LogP contribution in [0, 0.1) is 6.92 Å². The molecule has 2 aromatic heterocycles. The number of aromatic hydroxyl groups is 1. The van der Waals surface area contributed by atoms with E-state index in [2.05, 4.69) is 15.5 Å². The van der Waals surface area contributed by atoms with Crippen molar-refractivity contribution in [2.75, 3.05) is 5.32 Å². The summed E-state index contributed by atoms with van der Waals surface area (Å²) in [7, 11) is 0. The normalized spacial score (nSPS) is 13.2. The zero-order valence-corrected chi connectivity index (χ0v) is 16.2. The van der Waals surface area contributed by atoms with E-state index in [9.17, 15) is 14.7 Å². The number of para-hydroxylation sites is 1. The molecule has 7 nitrogen and oxygen atoms in total. The minimum atomic E-state index is -0.523. The van der Waals surface area contributed by atoms with E-state index in [0.29, 0.717) is 21.8 Å². The molecule has 1 aromatic carbocycles. The van der Waals surface area contributed by atoms with Crippen molar-refractivity contribution < 1.29 is 14.7 Å². The van der Waals surface area contributed by atoms with Gasteiger partial charge in [-0.25, -0.2) is 0 Å². The molecule has 0 aliphatic heterocycles. The molecule has 3 aromatic rings. The number of hydrogen-bond acceptors (Lipinski definition) is 5. The SMILES string of the molecule is Cc1cccc(-c2cc(C(=O)Nc3sc4c(c3C(N)=O)CCCC4)[nH]n2)c1O. The molecule has 4 rings (SSSR count). The lowest BCUT2D eigenvalue weighted by atomic mass is 9.95. The molecule has 1 aliphatic rings. The Morgan fingerprint density at radius 1 is 1.29 bits per heavy atom. The number of amides is 2. The molecule has 28 heavy (non-hydrogen) atoms. The molecule has 0 fully saturated rings. The van der Waals surface area contributed by atoms with Crippen molar-refractivity contribution in [3.8, 4) is 17.0 Å². The van der Waals surface area contributed by atoms with Gasteiger partial charge in [-0.3, -0.25) is 14.7 Å². The summed E-state index contributed by atoms with van der Waals surface area (Å²) in [5, 5.41) is 20.3. The summed E-state index contributed by atoms with van der Waals surface area (Å²) in [6.07, 6.45) is 3.79. The standard InChI is InChI=1S/C20H20N4O3S/c1-10-5-4-7-11(17(10)25)13-9-14(24-23-13)19(27)22-20-16(18(21)26)12-6-2-3-8-15(12)28-20/h4-5,7,9,25H,2-3,6,8H2,1H3,(H2,21,26)(H,22,27)(H,23,24). The number of primary amides is 1. The van der Waals surface area contributed by atoms with Gasteiger partial charge >= 0.3 is 0 Å². The van der Waals surface area contributed by atoms with E-state index in [4.69, 9.17) is 5.73 Å². The van der Waals surface area contributed by atoms with Gasteiger partial charge in [-0.15, -0.1) is 11.3 Å². The first-order valence-electron chi connectivity index (χ1n) is 9.05. The highest BCUT2D eigenvalue weighted by atomic mass is 32.1. The van der Waals surface area contributed by atoms with Gasteiger partial charge in [-0.1, -0.05) is 12.1 Å². The summed E-state index contributed by atoms with van der Waals surface area (Å²) >= 11 is 1.41. The fourth-order valence-electron chi connectivity index (χ4n) is 3.53. The first-order chi connectivity index (χ1) is 13.5. The van der Waals surface area contributed by atoms with Gasteiger partial charge in [0.25, 0.3) is 11.8 Å². The number of thiophene rings is 1. The lowest BCUT2D eigenvalue weighted by Crippen LogP contribution is -2.18. The van der Waals surface area contributed by atoms with Crippen molar-refractivity contribution in [3.05, 3.63) is 51.5 Å². The van der Waals surface area contributed by atoms with E-state index >= 15 is 0 Å². The van der Waals surface area contributed by atoms with E-state index in [-0.39, 0.29) is 11.4 Å². The molecule has 8 heteroatoms. The van der Waals surface area contributed by atoms with Crippen LogP contribution in [0.15, 0.2) is 24.3 Å². The number of aromatic nitrogens is 2. The van der Waals surface area contributed by atoms with E-state index < -0.39 is 11.8 Å². The summed E-state index contributed by atoms with van der Waals surface area (Å²) in [5.41, 5.74) is 8.93. The summed E-state index contributed by atoms with van der Waals surface area (Å²) < 4.78 is 0. The maximum atomic E-state index is 12.7. The molecule has 0 saturated heterocycles. The first kappa shape index (κ1) is 18.2. The number of nitrogens with one attached hydrogen (secondary N) is 2. The topological polar surface area (TPSA) is 121 Å².